The van der Waals surface area contributed by atoms with Gasteiger partial charge in [0.15, 0.2) is 0 Å². The molecule has 1 heterocycles. The van der Waals surface area contributed by atoms with E-state index in [0.29, 0.717) is 11.4 Å². The SMILES string of the molecule is COC(=O)Nc1ccc(Nc2cccc(C#N)c2)cn1. The summed E-state index contributed by atoms with van der Waals surface area (Å²) in [6.45, 7) is 0. The van der Waals surface area contributed by atoms with Crippen LogP contribution in [0.2, 0.25) is 0 Å². The van der Waals surface area contributed by atoms with Gasteiger partial charge < -0.3 is 10.1 Å². The maximum Gasteiger partial charge on any atom is 0.412 e. The fraction of sp³-hybridized carbons (Fsp3) is 0.0714. The Hall–Kier alpha value is -3.07. The van der Waals surface area contributed by atoms with Crippen LogP contribution in [0.3, 0.4) is 0 Å². The van der Waals surface area contributed by atoms with E-state index in [0.717, 1.165) is 11.4 Å². The number of amides is 1. The largest absolute Gasteiger partial charge is 0.453 e. The van der Waals surface area contributed by atoms with Crippen molar-refractivity contribution in [1.29, 1.82) is 5.26 Å². The third kappa shape index (κ3) is 3.46. The lowest BCUT2D eigenvalue weighted by atomic mass is 10.2. The zero-order valence-electron chi connectivity index (χ0n) is 10.8. The molecule has 1 aromatic heterocycles. The van der Waals surface area contributed by atoms with E-state index < -0.39 is 6.09 Å². The predicted molar refractivity (Wildman–Crippen MR) is 74.7 cm³/mol. The summed E-state index contributed by atoms with van der Waals surface area (Å²) in [7, 11) is 1.29. The minimum atomic E-state index is -0.570. The molecule has 2 aromatic rings. The molecule has 1 aromatic carbocycles. The zero-order chi connectivity index (χ0) is 14.4. The molecule has 0 spiro atoms. The first-order valence-electron chi connectivity index (χ1n) is 5.79. The van der Waals surface area contributed by atoms with E-state index >= 15 is 0 Å². The molecule has 2 N–H and O–H groups in total. The van der Waals surface area contributed by atoms with Crippen molar-refractivity contribution in [3.63, 3.8) is 0 Å². The Kier molecular flexibility index (Phi) is 4.14. The first-order chi connectivity index (χ1) is 9.71. The Bertz CT molecular complexity index is 647. The quantitative estimate of drug-likeness (QED) is 0.893. The molecule has 1 amide bonds. The predicted octanol–water partition coefficient (Wildman–Crippen LogP) is 2.88. The summed E-state index contributed by atoms with van der Waals surface area (Å²) in [4.78, 5) is 15.1. The summed E-state index contributed by atoms with van der Waals surface area (Å²) >= 11 is 0. The van der Waals surface area contributed by atoms with Crippen LogP contribution in [-0.4, -0.2) is 18.2 Å². The van der Waals surface area contributed by atoms with Crippen molar-refractivity contribution in [1.82, 2.24) is 4.98 Å². The van der Waals surface area contributed by atoms with Crippen molar-refractivity contribution in [2.24, 2.45) is 0 Å². The summed E-state index contributed by atoms with van der Waals surface area (Å²) in [6, 6.07) is 12.6. The second-order valence-electron chi connectivity index (χ2n) is 3.87. The average Bonchev–Trinajstić information content (AvgIpc) is 2.49. The van der Waals surface area contributed by atoms with Crippen LogP contribution in [0.1, 0.15) is 5.56 Å². The monoisotopic (exact) mass is 268 g/mol. The summed E-state index contributed by atoms with van der Waals surface area (Å²) in [5.74, 6) is 0.396. The smallest absolute Gasteiger partial charge is 0.412 e. The summed E-state index contributed by atoms with van der Waals surface area (Å²) in [5.41, 5.74) is 2.11. The number of benzene rings is 1. The Morgan fingerprint density at radius 1 is 1.30 bits per heavy atom. The zero-order valence-corrected chi connectivity index (χ0v) is 10.8. The second kappa shape index (κ2) is 6.20. The topological polar surface area (TPSA) is 87.0 Å². The highest BCUT2D eigenvalue weighted by atomic mass is 16.5. The lowest BCUT2D eigenvalue weighted by Gasteiger charge is -2.07. The molecule has 6 heteroatoms. The van der Waals surface area contributed by atoms with Crippen molar-refractivity contribution in [3.8, 4) is 6.07 Å². The number of pyridine rings is 1. The van der Waals surface area contributed by atoms with Crippen molar-refractivity contribution < 1.29 is 9.53 Å². The highest BCUT2D eigenvalue weighted by Crippen LogP contribution is 2.18. The summed E-state index contributed by atoms with van der Waals surface area (Å²) in [5, 5.41) is 14.4. The maximum atomic E-state index is 11.0. The van der Waals surface area contributed by atoms with Gasteiger partial charge in [0, 0.05) is 5.69 Å². The molecule has 2 rings (SSSR count). The Labute approximate surface area is 116 Å². The number of carbonyl (C=O) groups is 1. The first-order valence-corrected chi connectivity index (χ1v) is 5.79. The fourth-order valence-corrected chi connectivity index (χ4v) is 1.53. The number of carbonyl (C=O) groups excluding carboxylic acids is 1. The van der Waals surface area contributed by atoms with Gasteiger partial charge in [-0.05, 0) is 30.3 Å². The van der Waals surface area contributed by atoms with Crippen molar-refractivity contribution in [3.05, 3.63) is 48.2 Å². The molecule has 0 saturated carbocycles. The lowest BCUT2D eigenvalue weighted by Crippen LogP contribution is -2.11. The molecule has 0 aliphatic rings. The number of ether oxygens (including phenoxy) is 1. The molecular weight excluding hydrogens is 256 g/mol. The van der Waals surface area contributed by atoms with Crippen LogP contribution < -0.4 is 10.6 Å². The van der Waals surface area contributed by atoms with Crippen LogP contribution in [0, 0.1) is 11.3 Å². The van der Waals surface area contributed by atoms with E-state index in [1.165, 1.54) is 7.11 Å². The van der Waals surface area contributed by atoms with Gasteiger partial charge in [-0.15, -0.1) is 0 Å². The lowest BCUT2D eigenvalue weighted by molar-refractivity contribution is 0.187. The molecule has 0 fully saturated rings. The van der Waals surface area contributed by atoms with E-state index in [1.54, 1.807) is 36.5 Å². The van der Waals surface area contributed by atoms with E-state index in [9.17, 15) is 4.79 Å². The Morgan fingerprint density at radius 3 is 2.80 bits per heavy atom. The molecular formula is C14H12N4O2. The van der Waals surface area contributed by atoms with Crippen LogP contribution in [-0.2, 0) is 4.74 Å². The number of nitrogens with one attached hydrogen (secondary N) is 2. The van der Waals surface area contributed by atoms with Crippen LogP contribution in [0.5, 0.6) is 0 Å². The number of rotatable bonds is 3. The number of aromatic nitrogens is 1. The molecule has 0 saturated heterocycles. The number of hydrogen-bond acceptors (Lipinski definition) is 5. The first kappa shape index (κ1) is 13.4. The van der Waals surface area contributed by atoms with Gasteiger partial charge in [0.1, 0.15) is 5.82 Å². The molecule has 0 unspecified atom stereocenters. The van der Waals surface area contributed by atoms with Gasteiger partial charge in [-0.25, -0.2) is 9.78 Å². The summed E-state index contributed by atoms with van der Waals surface area (Å²) < 4.78 is 4.47. The number of nitriles is 1. The molecule has 0 aliphatic heterocycles. The maximum absolute atomic E-state index is 11.0. The van der Waals surface area contributed by atoms with Crippen LogP contribution in [0.25, 0.3) is 0 Å². The number of methoxy groups -OCH3 is 1. The number of anilines is 3. The van der Waals surface area contributed by atoms with Crippen LogP contribution in [0.15, 0.2) is 42.6 Å². The number of nitrogens with zero attached hydrogens (tertiary/aromatic N) is 2. The van der Waals surface area contributed by atoms with Gasteiger partial charge in [-0.2, -0.15) is 5.26 Å². The van der Waals surface area contributed by atoms with Crippen molar-refractivity contribution in [2.45, 2.75) is 0 Å². The van der Waals surface area contributed by atoms with Gasteiger partial charge in [0.05, 0.1) is 30.6 Å². The van der Waals surface area contributed by atoms with Crippen molar-refractivity contribution in [2.75, 3.05) is 17.7 Å². The van der Waals surface area contributed by atoms with Crippen molar-refractivity contribution >= 4 is 23.3 Å². The van der Waals surface area contributed by atoms with Crippen LogP contribution >= 0.6 is 0 Å². The third-order valence-electron chi connectivity index (χ3n) is 2.46. The van der Waals surface area contributed by atoms with E-state index in [1.807, 2.05) is 6.07 Å². The van der Waals surface area contributed by atoms with E-state index in [4.69, 9.17) is 5.26 Å². The minimum absolute atomic E-state index is 0.396. The van der Waals surface area contributed by atoms with Gasteiger partial charge >= 0.3 is 6.09 Å². The molecule has 20 heavy (non-hydrogen) atoms. The van der Waals surface area contributed by atoms with Gasteiger partial charge in [-0.3, -0.25) is 5.32 Å². The van der Waals surface area contributed by atoms with Gasteiger partial charge in [0.2, 0.25) is 0 Å². The molecule has 0 atom stereocenters. The Morgan fingerprint density at radius 2 is 2.15 bits per heavy atom. The third-order valence-corrected chi connectivity index (χ3v) is 2.46. The Balaban J connectivity index is 2.07. The minimum Gasteiger partial charge on any atom is -0.453 e. The molecule has 0 radical (unpaired) electrons. The second-order valence-corrected chi connectivity index (χ2v) is 3.87. The van der Waals surface area contributed by atoms with Gasteiger partial charge in [0.25, 0.3) is 0 Å². The molecule has 0 aliphatic carbocycles. The molecule has 0 bridgehead atoms. The van der Waals surface area contributed by atoms with Gasteiger partial charge in [-0.1, -0.05) is 6.07 Å². The van der Waals surface area contributed by atoms with E-state index in [-0.39, 0.29) is 0 Å². The van der Waals surface area contributed by atoms with E-state index in [2.05, 4.69) is 26.4 Å². The average molecular weight is 268 g/mol. The summed E-state index contributed by atoms with van der Waals surface area (Å²) in [6.07, 6.45) is 1.00. The highest BCUT2D eigenvalue weighted by Gasteiger charge is 2.02. The normalized spacial score (nSPS) is 9.40. The highest BCUT2D eigenvalue weighted by molar-refractivity contribution is 5.83. The molecule has 100 valence electrons. The fourth-order valence-electron chi connectivity index (χ4n) is 1.53. The van der Waals surface area contributed by atoms with Crippen LogP contribution in [0.4, 0.5) is 22.0 Å². The standard InChI is InChI=1S/C14H12N4O2/c1-20-14(19)18-13-6-5-12(9-16-13)17-11-4-2-3-10(7-11)8-15/h2-7,9,17H,1H3,(H,16,18,19). The number of hydrogen-bond donors (Lipinski definition) is 2. The molecule has 6 nitrogen and oxygen atoms in total.